The fraction of sp³-hybridized carbons (Fsp3) is 0.316. The Hall–Kier alpha value is -2.20. The number of phenols is 1. The van der Waals surface area contributed by atoms with E-state index in [1.165, 1.54) is 5.56 Å². The summed E-state index contributed by atoms with van der Waals surface area (Å²) in [7, 11) is 0. The molecule has 0 aliphatic carbocycles. The molecule has 0 saturated heterocycles. The normalized spacial score (nSPS) is 14.8. The Morgan fingerprint density at radius 1 is 1.25 bits per heavy atom. The van der Waals surface area contributed by atoms with Gasteiger partial charge in [-0.15, -0.1) is 0 Å². The Balaban J connectivity index is 1.57. The van der Waals surface area contributed by atoms with Crippen molar-refractivity contribution < 1.29 is 9.90 Å². The van der Waals surface area contributed by atoms with Gasteiger partial charge in [0, 0.05) is 24.2 Å². The Morgan fingerprint density at radius 3 is 2.75 bits per heavy atom. The van der Waals surface area contributed by atoms with E-state index in [0.717, 1.165) is 29.0 Å². The molecular weight excluding hydrogens is 324 g/mol. The summed E-state index contributed by atoms with van der Waals surface area (Å²) in [4.78, 5) is 14.3. The number of halogens is 1. The highest BCUT2D eigenvalue weighted by atomic mass is 35.5. The molecule has 0 radical (unpaired) electrons. The maximum absolute atomic E-state index is 12.5. The van der Waals surface area contributed by atoms with Crippen molar-refractivity contribution in [3.63, 3.8) is 0 Å². The predicted molar refractivity (Wildman–Crippen MR) is 95.4 cm³/mol. The Morgan fingerprint density at radius 2 is 2.00 bits per heavy atom. The summed E-state index contributed by atoms with van der Waals surface area (Å²) in [5, 5.41) is 13.1. The number of hydrogen-bond donors (Lipinski definition) is 2. The first-order valence-corrected chi connectivity index (χ1v) is 8.50. The minimum Gasteiger partial charge on any atom is -0.508 e. The van der Waals surface area contributed by atoms with Crippen molar-refractivity contribution in [3.05, 3.63) is 64.2 Å². The quantitative estimate of drug-likeness (QED) is 0.891. The average molecular weight is 345 g/mol. The Kier molecular flexibility index (Phi) is 4.95. The van der Waals surface area contributed by atoms with Crippen molar-refractivity contribution in [3.8, 4) is 5.75 Å². The number of urea groups is 1. The van der Waals surface area contributed by atoms with E-state index in [2.05, 4.69) is 5.32 Å². The number of nitrogens with zero attached hydrogens (tertiary/aromatic N) is 1. The molecular formula is C19H21ClN2O2. The van der Waals surface area contributed by atoms with Crippen LogP contribution in [0.5, 0.6) is 5.75 Å². The van der Waals surface area contributed by atoms with Gasteiger partial charge < -0.3 is 15.3 Å². The van der Waals surface area contributed by atoms with Gasteiger partial charge in [0.1, 0.15) is 5.75 Å². The van der Waals surface area contributed by atoms with Crippen LogP contribution >= 0.6 is 11.6 Å². The summed E-state index contributed by atoms with van der Waals surface area (Å²) >= 11 is 6.02. The number of benzene rings is 2. The zero-order valence-electron chi connectivity index (χ0n) is 13.6. The molecule has 2 amide bonds. The lowest BCUT2D eigenvalue weighted by molar-refractivity contribution is 0.189. The van der Waals surface area contributed by atoms with Crippen LogP contribution in [-0.2, 0) is 19.4 Å². The van der Waals surface area contributed by atoms with E-state index >= 15 is 0 Å². The van der Waals surface area contributed by atoms with E-state index in [9.17, 15) is 9.90 Å². The SMILES string of the molecule is CC(Cc1ccc(O)cc1)NC(=O)N1CCc2cc(Cl)ccc2C1. The molecule has 0 fully saturated rings. The van der Waals surface area contributed by atoms with Gasteiger partial charge in [-0.05, 0) is 60.7 Å². The van der Waals surface area contributed by atoms with Gasteiger partial charge in [0.15, 0.2) is 0 Å². The Bertz CT molecular complexity index is 731. The molecule has 0 spiro atoms. The number of carbonyl (C=O) groups is 1. The second-order valence-electron chi connectivity index (χ2n) is 6.31. The standard InChI is InChI=1S/C19H21ClN2O2/c1-13(10-14-2-6-18(23)7-3-14)21-19(24)22-9-8-15-11-17(20)5-4-16(15)12-22/h2-7,11,13,23H,8-10,12H2,1H3,(H,21,24). The predicted octanol–water partition coefficient (Wildman–Crippen LogP) is 3.74. The van der Waals surface area contributed by atoms with Crippen molar-refractivity contribution in [1.82, 2.24) is 10.2 Å². The van der Waals surface area contributed by atoms with Gasteiger partial charge in [-0.2, -0.15) is 0 Å². The van der Waals surface area contributed by atoms with Crippen LogP contribution in [0.2, 0.25) is 5.02 Å². The van der Waals surface area contributed by atoms with Crippen LogP contribution in [-0.4, -0.2) is 28.6 Å². The van der Waals surface area contributed by atoms with Gasteiger partial charge in [0.05, 0.1) is 0 Å². The highest BCUT2D eigenvalue weighted by Gasteiger charge is 2.21. The third kappa shape index (κ3) is 4.01. The lowest BCUT2D eigenvalue weighted by Gasteiger charge is -2.30. The molecule has 1 aliphatic rings. The molecule has 5 heteroatoms. The van der Waals surface area contributed by atoms with E-state index in [-0.39, 0.29) is 17.8 Å². The maximum Gasteiger partial charge on any atom is 0.317 e. The fourth-order valence-electron chi connectivity index (χ4n) is 3.03. The number of rotatable bonds is 3. The van der Waals surface area contributed by atoms with E-state index in [1.807, 2.05) is 42.2 Å². The highest BCUT2D eigenvalue weighted by molar-refractivity contribution is 6.30. The number of nitrogens with one attached hydrogen (secondary N) is 1. The summed E-state index contributed by atoms with van der Waals surface area (Å²) in [5.41, 5.74) is 3.47. The lowest BCUT2D eigenvalue weighted by Crippen LogP contribution is -2.46. The monoisotopic (exact) mass is 344 g/mol. The van der Waals surface area contributed by atoms with Crippen LogP contribution in [0.15, 0.2) is 42.5 Å². The third-order valence-corrected chi connectivity index (χ3v) is 4.55. The molecule has 2 aromatic rings. The molecule has 4 nitrogen and oxygen atoms in total. The largest absolute Gasteiger partial charge is 0.508 e. The molecule has 1 atom stereocenters. The van der Waals surface area contributed by atoms with Gasteiger partial charge in [0.25, 0.3) is 0 Å². The zero-order chi connectivity index (χ0) is 17.1. The lowest BCUT2D eigenvalue weighted by atomic mass is 10.00. The number of aromatic hydroxyl groups is 1. The van der Waals surface area contributed by atoms with Crippen LogP contribution in [0.25, 0.3) is 0 Å². The second-order valence-corrected chi connectivity index (χ2v) is 6.74. The topological polar surface area (TPSA) is 52.6 Å². The van der Waals surface area contributed by atoms with Gasteiger partial charge in [-0.3, -0.25) is 0 Å². The second kappa shape index (κ2) is 7.14. The van der Waals surface area contributed by atoms with Crippen LogP contribution in [0.3, 0.4) is 0 Å². The number of amides is 2. The summed E-state index contributed by atoms with van der Waals surface area (Å²) < 4.78 is 0. The highest BCUT2D eigenvalue weighted by Crippen LogP contribution is 2.22. The van der Waals surface area contributed by atoms with E-state index in [1.54, 1.807) is 12.1 Å². The maximum atomic E-state index is 12.5. The van der Waals surface area contributed by atoms with Crippen molar-refractivity contribution in [2.75, 3.05) is 6.54 Å². The van der Waals surface area contributed by atoms with Crippen molar-refractivity contribution >= 4 is 17.6 Å². The molecule has 1 aliphatic heterocycles. The summed E-state index contributed by atoms with van der Waals surface area (Å²) in [5.74, 6) is 0.252. The number of phenolic OH excluding ortho intramolecular Hbond substituents is 1. The molecule has 24 heavy (non-hydrogen) atoms. The van der Waals surface area contributed by atoms with Crippen LogP contribution in [0.1, 0.15) is 23.6 Å². The minimum absolute atomic E-state index is 0.0219. The third-order valence-electron chi connectivity index (χ3n) is 4.32. The molecule has 1 unspecified atom stereocenters. The van der Waals surface area contributed by atoms with Gasteiger partial charge >= 0.3 is 6.03 Å². The summed E-state index contributed by atoms with van der Waals surface area (Å²) in [6.07, 6.45) is 1.56. The van der Waals surface area contributed by atoms with Gasteiger partial charge in [-0.1, -0.05) is 29.8 Å². The number of hydrogen-bond acceptors (Lipinski definition) is 2. The van der Waals surface area contributed by atoms with Crippen molar-refractivity contribution in [2.45, 2.75) is 32.4 Å². The van der Waals surface area contributed by atoms with Crippen LogP contribution < -0.4 is 5.32 Å². The average Bonchev–Trinajstić information content (AvgIpc) is 2.56. The first-order valence-electron chi connectivity index (χ1n) is 8.12. The summed E-state index contributed by atoms with van der Waals surface area (Å²) in [6.45, 7) is 3.30. The first-order chi connectivity index (χ1) is 11.5. The molecule has 1 heterocycles. The van der Waals surface area contributed by atoms with Crippen molar-refractivity contribution in [2.24, 2.45) is 0 Å². The first kappa shape index (κ1) is 16.7. The Labute approximate surface area is 147 Å². The molecule has 2 aromatic carbocycles. The van der Waals surface area contributed by atoms with Gasteiger partial charge in [0.2, 0.25) is 0 Å². The van der Waals surface area contributed by atoms with E-state index in [0.29, 0.717) is 13.1 Å². The summed E-state index contributed by atoms with van der Waals surface area (Å²) in [6, 6.07) is 12.9. The smallest absolute Gasteiger partial charge is 0.317 e. The molecule has 0 aromatic heterocycles. The molecule has 0 saturated carbocycles. The fourth-order valence-corrected chi connectivity index (χ4v) is 3.23. The zero-order valence-corrected chi connectivity index (χ0v) is 14.4. The van der Waals surface area contributed by atoms with Crippen molar-refractivity contribution in [1.29, 1.82) is 0 Å². The van der Waals surface area contributed by atoms with Gasteiger partial charge in [-0.25, -0.2) is 4.79 Å². The van der Waals surface area contributed by atoms with Crippen LogP contribution in [0, 0.1) is 0 Å². The van der Waals surface area contributed by atoms with Crippen LogP contribution in [0.4, 0.5) is 4.79 Å². The molecule has 0 bridgehead atoms. The number of fused-ring (bicyclic) bond motifs is 1. The number of carbonyl (C=O) groups excluding carboxylic acids is 1. The minimum atomic E-state index is -0.0399. The molecule has 126 valence electrons. The van der Waals surface area contributed by atoms with E-state index < -0.39 is 0 Å². The molecule has 3 rings (SSSR count). The van der Waals surface area contributed by atoms with E-state index in [4.69, 9.17) is 11.6 Å². The molecule has 2 N–H and O–H groups in total.